The molecule has 0 saturated carbocycles. The number of hydrazone groups is 1. The van der Waals surface area contributed by atoms with Crippen molar-refractivity contribution >= 4 is 23.7 Å². The molecule has 2 rings (SSSR count). The summed E-state index contributed by atoms with van der Waals surface area (Å²) in [5.74, 6) is 1.52. The van der Waals surface area contributed by atoms with E-state index in [1.54, 1.807) is 24.3 Å². The molecular formula is C20H23ClN2O4. The van der Waals surface area contributed by atoms with Gasteiger partial charge in [0, 0.05) is 5.02 Å². The number of benzene rings is 2. The van der Waals surface area contributed by atoms with Crippen LogP contribution in [0.2, 0.25) is 5.02 Å². The van der Waals surface area contributed by atoms with Crippen LogP contribution in [0.15, 0.2) is 41.5 Å². The minimum atomic E-state index is -0.366. The molecule has 0 bridgehead atoms. The van der Waals surface area contributed by atoms with Gasteiger partial charge in [-0.2, -0.15) is 5.10 Å². The average Bonchev–Trinajstić information content (AvgIpc) is 2.65. The molecule has 2 aromatic rings. The Bertz CT molecular complexity index is 809. The normalized spacial score (nSPS) is 10.7. The molecule has 144 valence electrons. The summed E-state index contributed by atoms with van der Waals surface area (Å²) in [4.78, 5) is 11.8. The Balaban J connectivity index is 1.89. The zero-order valence-corrected chi connectivity index (χ0v) is 16.4. The third-order valence-corrected chi connectivity index (χ3v) is 3.89. The summed E-state index contributed by atoms with van der Waals surface area (Å²) in [6, 6.07) is 10.6. The summed E-state index contributed by atoms with van der Waals surface area (Å²) in [5.41, 5.74) is 4.08. The molecule has 0 radical (unpaired) electrons. The van der Waals surface area contributed by atoms with Crippen molar-refractivity contribution < 1.29 is 19.0 Å². The van der Waals surface area contributed by atoms with Crippen molar-refractivity contribution in [2.24, 2.45) is 5.10 Å². The first-order valence-corrected chi connectivity index (χ1v) is 9.01. The summed E-state index contributed by atoms with van der Waals surface area (Å²) in [7, 11) is 0. The lowest BCUT2D eigenvalue weighted by Crippen LogP contribution is -2.24. The highest BCUT2D eigenvalue weighted by Gasteiger charge is 2.06. The highest BCUT2D eigenvalue weighted by molar-refractivity contribution is 6.31. The Morgan fingerprint density at radius 1 is 1.07 bits per heavy atom. The smallest absolute Gasteiger partial charge is 0.277 e. The van der Waals surface area contributed by atoms with Crippen molar-refractivity contribution in [1.82, 2.24) is 5.43 Å². The number of carbonyl (C=O) groups excluding carboxylic acids is 1. The second-order valence-corrected chi connectivity index (χ2v) is 5.97. The van der Waals surface area contributed by atoms with E-state index >= 15 is 0 Å². The van der Waals surface area contributed by atoms with Gasteiger partial charge in [-0.25, -0.2) is 5.43 Å². The lowest BCUT2D eigenvalue weighted by Gasteiger charge is -2.11. The fraction of sp³-hybridized carbons (Fsp3) is 0.300. The minimum absolute atomic E-state index is 0.147. The van der Waals surface area contributed by atoms with Gasteiger partial charge in [0.05, 0.1) is 19.4 Å². The van der Waals surface area contributed by atoms with Crippen molar-refractivity contribution in [3.05, 3.63) is 52.5 Å². The standard InChI is InChI=1S/C20H23ClN2O4/c1-4-25-18-9-6-15(11-19(18)26-5-2)12-22-23-20(24)13-27-16-7-8-17(21)14(3)10-16/h6-12H,4-5,13H2,1-3H3,(H,23,24)/b22-12+. The maximum atomic E-state index is 11.8. The van der Waals surface area contributed by atoms with E-state index in [1.165, 1.54) is 6.21 Å². The van der Waals surface area contributed by atoms with Crippen LogP contribution in [-0.4, -0.2) is 31.9 Å². The third-order valence-electron chi connectivity index (χ3n) is 3.47. The molecule has 0 heterocycles. The number of nitrogens with one attached hydrogen (secondary N) is 1. The van der Waals surface area contributed by atoms with Crippen molar-refractivity contribution in [3.8, 4) is 17.2 Å². The monoisotopic (exact) mass is 390 g/mol. The predicted octanol–water partition coefficient (Wildman–Crippen LogP) is 3.97. The van der Waals surface area contributed by atoms with E-state index in [4.69, 9.17) is 25.8 Å². The van der Waals surface area contributed by atoms with Crippen molar-refractivity contribution in [2.75, 3.05) is 19.8 Å². The minimum Gasteiger partial charge on any atom is -0.490 e. The van der Waals surface area contributed by atoms with Gasteiger partial charge in [-0.15, -0.1) is 0 Å². The largest absolute Gasteiger partial charge is 0.490 e. The number of carbonyl (C=O) groups is 1. The Morgan fingerprint density at radius 2 is 1.81 bits per heavy atom. The van der Waals surface area contributed by atoms with Crippen LogP contribution >= 0.6 is 11.6 Å². The Labute approximate surface area is 164 Å². The fourth-order valence-corrected chi connectivity index (χ4v) is 2.33. The first kappa shape index (κ1) is 20.6. The molecule has 7 heteroatoms. The topological polar surface area (TPSA) is 69.2 Å². The highest BCUT2D eigenvalue weighted by atomic mass is 35.5. The van der Waals surface area contributed by atoms with E-state index in [0.717, 1.165) is 11.1 Å². The summed E-state index contributed by atoms with van der Waals surface area (Å²) in [6.45, 7) is 6.61. The van der Waals surface area contributed by atoms with E-state index in [2.05, 4.69) is 10.5 Å². The summed E-state index contributed by atoms with van der Waals surface area (Å²) in [5, 5.41) is 4.59. The second-order valence-electron chi connectivity index (χ2n) is 5.57. The van der Waals surface area contributed by atoms with Gasteiger partial charge >= 0.3 is 0 Å². The molecule has 0 unspecified atom stereocenters. The van der Waals surface area contributed by atoms with Crippen LogP contribution in [0.1, 0.15) is 25.0 Å². The van der Waals surface area contributed by atoms with Crippen LogP contribution in [0.25, 0.3) is 0 Å². The summed E-state index contributed by atoms with van der Waals surface area (Å²) < 4.78 is 16.5. The van der Waals surface area contributed by atoms with E-state index < -0.39 is 0 Å². The molecule has 2 aromatic carbocycles. The van der Waals surface area contributed by atoms with E-state index in [1.807, 2.05) is 32.9 Å². The van der Waals surface area contributed by atoms with Gasteiger partial charge in [0.15, 0.2) is 18.1 Å². The predicted molar refractivity (Wildman–Crippen MR) is 106 cm³/mol. The van der Waals surface area contributed by atoms with E-state index in [0.29, 0.717) is 35.5 Å². The van der Waals surface area contributed by atoms with Crippen LogP contribution in [0.4, 0.5) is 0 Å². The third kappa shape index (κ3) is 6.49. The number of halogens is 1. The lowest BCUT2D eigenvalue weighted by atomic mass is 10.2. The van der Waals surface area contributed by atoms with Crippen LogP contribution in [0, 0.1) is 6.92 Å². The van der Waals surface area contributed by atoms with Gasteiger partial charge < -0.3 is 14.2 Å². The molecule has 0 aliphatic carbocycles. The molecule has 1 amide bonds. The fourth-order valence-electron chi connectivity index (χ4n) is 2.21. The van der Waals surface area contributed by atoms with Gasteiger partial charge in [-0.1, -0.05) is 11.6 Å². The SMILES string of the molecule is CCOc1ccc(/C=N/NC(=O)COc2ccc(Cl)c(C)c2)cc1OCC. The van der Waals surface area contributed by atoms with Crippen molar-refractivity contribution in [3.63, 3.8) is 0 Å². The Morgan fingerprint density at radius 3 is 2.52 bits per heavy atom. The number of ether oxygens (including phenoxy) is 3. The first-order valence-electron chi connectivity index (χ1n) is 8.64. The molecule has 6 nitrogen and oxygen atoms in total. The molecule has 0 spiro atoms. The van der Waals surface area contributed by atoms with Gasteiger partial charge in [0.2, 0.25) is 0 Å². The van der Waals surface area contributed by atoms with Gasteiger partial charge in [0.1, 0.15) is 5.75 Å². The van der Waals surface area contributed by atoms with E-state index in [9.17, 15) is 4.79 Å². The van der Waals surface area contributed by atoms with Crippen molar-refractivity contribution in [2.45, 2.75) is 20.8 Å². The molecular weight excluding hydrogens is 368 g/mol. The highest BCUT2D eigenvalue weighted by Crippen LogP contribution is 2.28. The van der Waals surface area contributed by atoms with Crippen LogP contribution < -0.4 is 19.6 Å². The quantitative estimate of drug-likeness (QED) is 0.519. The number of nitrogens with zero attached hydrogens (tertiary/aromatic N) is 1. The molecule has 1 N–H and O–H groups in total. The zero-order valence-electron chi connectivity index (χ0n) is 15.6. The maximum Gasteiger partial charge on any atom is 0.277 e. The summed E-state index contributed by atoms with van der Waals surface area (Å²) in [6.07, 6.45) is 1.53. The van der Waals surface area contributed by atoms with E-state index in [-0.39, 0.29) is 12.5 Å². The van der Waals surface area contributed by atoms with Gasteiger partial charge in [-0.05, 0) is 68.3 Å². The molecule has 0 aliphatic heterocycles. The number of hydrogen-bond donors (Lipinski definition) is 1. The Hall–Kier alpha value is -2.73. The molecule has 0 fully saturated rings. The van der Waals surface area contributed by atoms with Crippen LogP contribution in [0.5, 0.6) is 17.2 Å². The summed E-state index contributed by atoms with van der Waals surface area (Å²) >= 11 is 5.96. The average molecular weight is 391 g/mol. The number of amides is 1. The molecule has 27 heavy (non-hydrogen) atoms. The number of rotatable bonds is 9. The zero-order chi connectivity index (χ0) is 19.6. The number of hydrogen-bond acceptors (Lipinski definition) is 5. The van der Waals surface area contributed by atoms with Gasteiger partial charge in [0.25, 0.3) is 5.91 Å². The molecule has 0 atom stereocenters. The van der Waals surface area contributed by atoms with Crippen LogP contribution in [0.3, 0.4) is 0 Å². The maximum absolute atomic E-state index is 11.8. The molecule has 0 aromatic heterocycles. The van der Waals surface area contributed by atoms with Crippen LogP contribution in [-0.2, 0) is 4.79 Å². The Kier molecular flexibility index (Phi) is 7.95. The van der Waals surface area contributed by atoms with Crippen molar-refractivity contribution in [1.29, 1.82) is 0 Å². The second kappa shape index (κ2) is 10.4. The molecule has 0 saturated heterocycles. The van der Waals surface area contributed by atoms with Gasteiger partial charge in [-0.3, -0.25) is 4.79 Å². The number of aryl methyl sites for hydroxylation is 1. The first-order chi connectivity index (χ1) is 13.0. The lowest BCUT2D eigenvalue weighted by molar-refractivity contribution is -0.123. The molecule has 0 aliphatic rings.